The minimum absolute atomic E-state index is 0.0563. The number of carbonyl (C=O) groups is 1. The van der Waals surface area contributed by atoms with E-state index in [1.807, 2.05) is 13.8 Å². The number of phenols is 1. The molecule has 0 aliphatic carbocycles. The van der Waals surface area contributed by atoms with E-state index < -0.39 is 0 Å². The second kappa shape index (κ2) is 7.59. The quantitative estimate of drug-likeness (QED) is 0.554. The molecule has 0 aliphatic rings. The number of hydrazone groups is 1. The molecule has 1 amide bonds. The van der Waals surface area contributed by atoms with E-state index in [1.165, 1.54) is 12.3 Å². The Labute approximate surface area is 137 Å². The maximum Gasteiger partial charge on any atom is 0.283 e. The Kier molecular flexibility index (Phi) is 5.53. The molecule has 0 aliphatic heterocycles. The van der Waals surface area contributed by atoms with E-state index in [2.05, 4.69) is 15.5 Å². The average molecular weight is 334 g/mol. The fourth-order valence-corrected chi connectivity index (χ4v) is 2.70. The summed E-state index contributed by atoms with van der Waals surface area (Å²) in [7, 11) is 0. The Morgan fingerprint density at radius 2 is 2.30 bits per heavy atom. The molecule has 2 aromatic rings. The van der Waals surface area contributed by atoms with Crippen LogP contribution in [0.4, 0.5) is 5.13 Å². The molecule has 2 rings (SSSR count). The van der Waals surface area contributed by atoms with Crippen molar-refractivity contribution >= 4 is 28.6 Å². The summed E-state index contributed by atoms with van der Waals surface area (Å²) in [6.07, 6.45) is 2.09. The minimum atomic E-state index is -0.351. The zero-order chi connectivity index (χ0) is 16.8. The second-order valence-corrected chi connectivity index (χ2v) is 5.57. The van der Waals surface area contributed by atoms with E-state index in [-0.39, 0.29) is 11.7 Å². The number of anilines is 1. The molecule has 8 heteroatoms. The van der Waals surface area contributed by atoms with E-state index in [0.717, 1.165) is 11.3 Å². The molecule has 1 aromatic carbocycles. The van der Waals surface area contributed by atoms with E-state index in [4.69, 9.17) is 10.5 Å². The van der Waals surface area contributed by atoms with Crippen LogP contribution in [0.15, 0.2) is 23.3 Å². The van der Waals surface area contributed by atoms with Crippen LogP contribution in [0, 0.1) is 0 Å². The molecule has 0 saturated heterocycles. The number of amides is 1. The molecular weight excluding hydrogens is 316 g/mol. The van der Waals surface area contributed by atoms with Crippen LogP contribution in [0.1, 0.15) is 34.8 Å². The molecule has 1 aromatic heterocycles. The molecule has 0 bridgehead atoms. The van der Waals surface area contributed by atoms with Crippen molar-refractivity contribution < 1.29 is 14.6 Å². The fraction of sp³-hybridized carbons (Fsp3) is 0.267. The zero-order valence-electron chi connectivity index (χ0n) is 12.9. The molecule has 122 valence electrons. The molecule has 23 heavy (non-hydrogen) atoms. The fourth-order valence-electron chi connectivity index (χ4n) is 1.89. The number of thiazole rings is 1. The monoisotopic (exact) mass is 334 g/mol. The highest BCUT2D eigenvalue weighted by atomic mass is 32.1. The van der Waals surface area contributed by atoms with Crippen molar-refractivity contribution in [3.8, 4) is 11.5 Å². The highest BCUT2D eigenvalue weighted by molar-refractivity contribution is 7.17. The molecule has 4 N–H and O–H groups in total. The van der Waals surface area contributed by atoms with Gasteiger partial charge in [0.15, 0.2) is 16.6 Å². The summed E-state index contributed by atoms with van der Waals surface area (Å²) in [5.74, 6) is 0.0724. The van der Waals surface area contributed by atoms with Crippen LogP contribution in [0.5, 0.6) is 11.5 Å². The standard InChI is InChI=1S/C15H18N4O3S/c1-3-10-13(23-15(16)18-10)14(21)19-17-8-9-5-6-11(20)12(7-9)22-4-2/h5-8,20H,3-4H2,1-2H3,(H2,16,18)(H,19,21)/b17-8+. The van der Waals surface area contributed by atoms with Crippen molar-refractivity contribution in [1.29, 1.82) is 0 Å². The number of rotatable bonds is 6. The smallest absolute Gasteiger partial charge is 0.283 e. The van der Waals surface area contributed by atoms with Gasteiger partial charge in [0.1, 0.15) is 4.88 Å². The lowest BCUT2D eigenvalue weighted by Crippen LogP contribution is -2.17. The van der Waals surface area contributed by atoms with Crippen LogP contribution in [-0.2, 0) is 6.42 Å². The Morgan fingerprint density at radius 3 is 3.00 bits per heavy atom. The summed E-state index contributed by atoms with van der Waals surface area (Å²) in [6.45, 7) is 4.17. The maximum absolute atomic E-state index is 12.1. The van der Waals surface area contributed by atoms with Crippen LogP contribution in [-0.4, -0.2) is 28.8 Å². The van der Waals surface area contributed by atoms with Crippen LogP contribution in [0.25, 0.3) is 0 Å². The third-order valence-electron chi connectivity index (χ3n) is 2.92. The topological polar surface area (TPSA) is 110 Å². The lowest BCUT2D eigenvalue weighted by molar-refractivity contribution is 0.0958. The lowest BCUT2D eigenvalue weighted by atomic mass is 10.2. The number of benzene rings is 1. The molecule has 0 saturated carbocycles. The van der Waals surface area contributed by atoms with Crippen LogP contribution < -0.4 is 15.9 Å². The largest absolute Gasteiger partial charge is 0.504 e. The van der Waals surface area contributed by atoms with Crippen molar-refractivity contribution in [1.82, 2.24) is 10.4 Å². The van der Waals surface area contributed by atoms with Gasteiger partial charge in [-0.05, 0) is 37.1 Å². The lowest BCUT2D eigenvalue weighted by Gasteiger charge is -2.06. The number of aromatic nitrogens is 1. The number of nitrogens with zero attached hydrogens (tertiary/aromatic N) is 2. The molecular formula is C15H18N4O3S. The summed E-state index contributed by atoms with van der Waals surface area (Å²) in [5, 5.41) is 13.9. The van der Waals surface area contributed by atoms with Crippen LogP contribution in [0.3, 0.4) is 0 Å². The number of hydrogen-bond acceptors (Lipinski definition) is 7. The van der Waals surface area contributed by atoms with Crippen molar-refractivity contribution in [2.45, 2.75) is 20.3 Å². The van der Waals surface area contributed by atoms with Gasteiger partial charge in [-0.25, -0.2) is 10.4 Å². The second-order valence-electron chi connectivity index (χ2n) is 4.54. The van der Waals surface area contributed by atoms with Gasteiger partial charge in [0.25, 0.3) is 5.91 Å². The number of aryl methyl sites for hydroxylation is 1. The van der Waals surface area contributed by atoms with Gasteiger partial charge in [-0.2, -0.15) is 5.10 Å². The van der Waals surface area contributed by atoms with Crippen molar-refractivity contribution in [3.63, 3.8) is 0 Å². The van der Waals surface area contributed by atoms with Crippen LogP contribution >= 0.6 is 11.3 Å². The molecule has 0 spiro atoms. The summed E-state index contributed by atoms with van der Waals surface area (Å²) >= 11 is 1.13. The number of nitrogens with one attached hydrogen (secondary N) is 1. The van der Waals surface area contributed by atoms with Gasteiger partial charge in [0.05, 0.1) is 18.5 Å². The SMILES string of the molecule is CCOc1cc(/C=N/NC(=O)c2sc(N)nc2CC)ccc1O. The Morgan fingerprint density at radius 1 is 1.52 bits per heavy atom. The van der Waals surface area contributed by atoms with Gasteiger partial charge in [0, 0.05) is 0 Å². The highest BCUT2D eigenvalue weighted by Crippen LogP contribution is 2.26. The third-order valence-corrected chi connectivity index (χ3v) is 3.84. The maximum atomic E-state index is 12.1. The van der Waals surface area contributed by atoms with Gasteiger partial charge < -0.3 is 15.6 Å². The predicted octanol–water partition coefficient (Wildman–Crippen LogP) is 2.16. The number of nitrogens with two attached hydrogens (primary N) is 1. The van der Waals surface area contributed by atoms with E-state index in [1.54, 1.807) is 12.1 Å². The molecule has 0 fully saturated rings. The van der Waals surface area contributed by atoms with Gasteiger partial charge in [0.2, 0.25) is 0 Å². The molecule has 0 unspecified atom stereocenters. The summed E-state index contributed by atoms with van der Waals surface area (Å²) in [5.41, 5.74) is 9.41. The Hall–Kier alpha value is -2.61. The highest BCUT2D eigenvalue weighted by Gasteiger charge is 2.15. The summed E-state index contributed by atoms with van der Waals surface area (Å²) in [6, 6.07) is 4.81. The van der Waals surface area contributed by atoms with Crippen molar-refractivity contribution in [2.75, 3.05) is 12.3 Å². The first-order valence-corrected chi connectivity index (χ1v) is 7.91. The van der Waals surface area contributed by atoms with Crippen LogP contribution in [0.2, 0.25) is 0 Å². The number of carbonyl (C=O) groups excluding carboxylic acids is 1. The van der Waals surface area contributed by atoms with Gasteiger partial charge in [-0.15, -0.1) is 0 Å². The van der Waals surface area contributed by atoms with Crippen molar-refractivity contribution in [2.24, 2.45) is 5.10 Å². The molecule has 1 heterocycles. The van der Waals surface area contributed by atoms with Crippen molar-refractivity contribution in [3.05, 3.63) is 34.3 Å². The number of nitrogen functional groups attached to an aromatic ring is 1. The number of aromatic hydroxyl groups is 1. The van der Waals surface area contributed by atoms with Gasteiger partial charge in [-0.3, -0.25) is 4.79 Å². The van der Waals surface area contributed by atoms with Gasteiger partial charge in [-0.1, -0.05) is 18.3 Å². The average Bonchev–Trinajstić information content (AvgIpc) is 2.91. The first kappa shape index (κ1) is 16.8. The molecule has 7 nitrogen and oxygen atoms in total. The number of hydrogen-bond donors (Lipinski definition) is 3. The number of phenolic OH excluding ortho intramolecular Hbond substituents is 1. The Bertz CT molecular complexity index is 728. The van der Waals surface area contributed by atoms with E-state index in [0.29, 0.717) is 40.0 Å². The van der Waals surface area contributed by atoms with E-state index in [9.17, 15) is 9.90 Å². The minimum Gasteiger partial charge on any atom is -0.504 e. The molecule has 0 atom stereocenters. The first-order valence-electron chi connectivity index (χ1n) is 7.09. The van der Waals surface area contributed by atoms with Gasteiger partial charge >= 0.3 is 0 Å². The zero-order valence-corrected chi connectivity index (χ0v) is 13.7. The predicted molar refractivity (Wildman–Crippen MR) is 90.2 cm³/mol. The summed E-state index contributed by atoms with van der Waals surface area (Å²) < 4.78 is 5.29. The third kappa shape index (κ3) is 4.19. The number of ether oxygens (including phenoxy) is 1. The molecule has 0 radical (unpaired) electrons. The normalized spacial score (nSPS) is 10.9. The van der Waals surface area contributed by atoms with E-state index >= 15 is 0 Å². The first-order chi connectivity index (χ1) is 11.0. The summed E-state index contributed by atoms with van der Waals surface area (Å²) in [4.78, 5) is 16.6. The Balaban J connectivity index is 2.06.